The highest BCUT2D eigenvalue weighted by Gasteiger charge is 2.36. The molecule has 0 fully saturated rings. The zero-order valence-electron chi connectivity index (χ0n) is 19.6. The molecule has 5 rings (SSSR count). The van der Waals surface area contributed by atoms with Crippen molar-refractivity contribution in [1.29, 1.82) is 0 Å². The van der Waals surface area contributed by atoms with Gasteiger partial charge in [0.1, 0.15) is 0 Å². The summed E-state index contributed by atoms with van der Waals surface area (Å²) in [6, 6.07) is 26.3. The number of carbonyl (C=O) groups is 1. The lowest BCUT2D eigenvalue weighted by molar-refractivity contribution is -0.384. The molecule has 0 amide bonds. The van der Waals surface area contributed by atoms with Gasteiger partial charge in [-0.2, -0.15) is 0 Å². The highest BCUT2D eigenvalue weighted by Crippen LogP contribution is 2.50. The van der Waals surface area contributed by atoms with Crippen LogP contribution in [0.15, 0.2) is 102 Å². The van der Waals surface area contributed by atoms with E-state index in [4.69, 9.17) is 4.74 Å². The molecule has 4 aromatic rings. The Kier molecular flexibility index (Phi) is 6.64. The molecular formula is C29H24N2O4S. The number of nitrogens with zero attached hydrogens (tertiary/aromatic N) is 1. The Balaban J connectivity index is 1.56. The van der Waals surface area contributed by atoms with Crippen LogP contribution in [-0.2, 0) is 16.0 Å². The third-order valence-electron chi connectivity index (χ3n) is 6.30. The van der Waals surface area contributed by atoms with Gasteiger partial charge in [0.15, 0.2) is 0 Å². The van der Waals surface area contributed by atoms with E-state index in [2.05, 4.69) is 10.7 Å². The summed E-state index contributed by atoms with van der Waals surface area (Å²) in [5.74, 6) is -0.935. The van der Waals surface area contributed by atoms with E-state index >= 15 is 0 Å². The van der Waals surface area contributed by atoms with E-state index in [1.807, 2.05) is 73.7 Å². The van der Waals surface area contributed by atoms with Crippen LogP contribution in [0.1, 0.15) is 29.5 Å². The van der Waals surface area contributed by atoms with Gasteiger partial charge in [0.25, 0.3) is 5.69 Å². The van der Waals surface area contributed by atoms with Crippen LogP contribution in [0.4, 0.5) is 10.7 Å². The van der Waals surface area contributed by atoms with Crippen molar-refractivity contribution in [3.63, 3.8) is 0 Å². The van der Waals surface area contributed by atoms with Gasteiger partial charge >= 0.3 is 5.97 Å². The van der Waals surface area contributed by atoms with Crippen molar-refractivity contribution >= 4 is 28.0 Å². The van der Waals surface area contributed by atoms with Gasteiger partial charge < -0.3 is 10.1 Å². The molecule has 6 nitrogen and oxygen atoms in total. The second-order valence-electron chi connectivity index (χ2n) is 8.58. The fraction of sp³-hybridized carbons (Fsp3) is 0.138. The maximum Gasteiger partial charge on any atom is 0.336 e. The first kappa shape index (κ1) is 23.5. The first-order valence-electron chi connectivity index (χ1n) is 11.6. The average Bonchev–Trinajstić information content (AvgIpc) is 3.32. The van der Waals surface area contributed by atoms with Gasteiger partial charge in [-0.15, -0.1) is 11.3 Å². The fourth-order valence-electron chi connectivity index (χ4n) is 4.60. The summed E-state index contributed by atoms with van der Waals surface area (Å²) in [7, 11) is 0. The fourth-order valence-corrected chi connectivity index (χ4v) is 5.66. The molecule has 1 aromatic heterocycles. The van der Waals surface area contributed by atoms with Crippen molar-refractivity contribution in [3.05, 3.63) is 128 Å². The highest BCUT2D eigenvalue weighted by molar-refractivity contribution is 7.15. The first-order chi connectivity index (χ1) is 17.5. The molecule has 0 saturated heterocycles. The van der Waals surface area contributed by atoms with Gasteiger partial charge in [0, 0.05) is 41.1 Å². The number of nitro benzene ring substituents is 1. The Morgan fingerprint density at radius 2 is 1.75 bits per heavy atom. The molecule has 0 aliphatic carbocycles. The van der Waals surface area contributed by atoms with Crippen molar-refractivity contribution in [2.75, 3.05) is 11.9 Å². The summed E-state index contributed by atoms with van der Waals surface area (Å²) < 4.78 is 5.76. The van der Waals surface area contributed by atoms with E-state index in [1.54, 1.807) is 23.5 Å². The number of rotatable bonds is 7. The predicted molar refractivity (Wildman–Crippen MR) is 142 cm³/mol. The smallest absolute Gasteiger partial charge is 0.336 e. The Morgan fingerprint density at radius 3 is 2.47 bits per heavy atom. The largest absolute Gasteiger partial charge is 0.462 e. The standard InChI is InChI=1S/C29H24N2O4S/c1-19-25(29(32)35-16-15-20-9-4-2-5-10-20)26(22-13-8-14-23(17-22)31(33)34)27-24(18-36-28(27)30-19)21-11-6-3-7-12-21/h2-14,17-18,26,30H,15-16H2,1H3. The lowest BCUT2D eigenvalue weighted by Crippen LogP contribution is -2.24. The molecule has 7 heteroatoms. The first-order valence-corrected chi connectivity index (χ1v) is 12.5. The summed E-state index contributed by atoms with van der Waals surface area (Å²) in [4.78, 5) is 24.7. The number of non-ortho nitro benzene ring substituents is 1. The molecule has 3 aromatic carbocycles. The van der Waals surface area contributed by atoms with E-state index < -0.39 is 16.8 Å². The molecule has 1 aliphatic rings. The minimum atomic E-state index is -0.508. The van der Waals surface area contributed by atoms with Crippen LogP contribution in [0.25, 0.3) is 11.1 Å². The van der Waals surface area contributed by atoms with Crippen LogP contribution in [0.5, 0.6) is 0 Å². The Hall–Kier alpha value is -4.23. The highest BCUT2D eigenvalue weighted by atomic mass is 32.1. The Labute approximate surface area is 213 Å². The van der Waals surface area contributed by atoms with Gasteiger partial charge in [-0.25, -0.2) is 4.79 Å². The number of esters is 1. The van der Waals surface area contributed by atoms with E-state index in [1.165, 1.54) is 6.07 Å². The van der Waals surface area contributed by atoms with Crippen molar-refractivity contribution in [2.45, 2.75) is 19.3 Å². The molecule has 180 valence electrons. The molecule has 0 radical (unpaired) electrons. The number of ether oxygens (including phenoxy) is 1. The van der Waals surface area contributed by atoms with Gasteiger partial charge in [0.05, 0.1) is 22.1 Å². The van der Waals surface area contributed by atoms with Crippen LogP contribution < -0.4 is 5.32 Å². The van der Waals surface area contributed by atoms with Gasteiger partial charge in [-0.3, -0.25) is 10.1 Å². The topological polar surface area (TPSA) is 81.5 Å². The van der Waals surface area contributed by atoms with Crippen molar-refractivity contribution < 1.29 is 14.5 Å². The normalized spacial score (nSPS) is 14.6. The molecule has 1 atom stereocenters. The van der Waals surface area contributed by atoms with Crippen LogP contribution in [0, 0.1) is 10.1 Å². The predicted octanol–water partition coefficient (Wildman–Crippen LogP) is 6.94. The summed E-state index contributed by atoms with van der Waals surface area (Å²) in [6.07, 6.45) is 0.604. The van der Waals surface area contributed by atoms with E-state index in [-0.39, 0.29) is 12.3 Å². The summed E-state index contributed by atoms with van der Waals surface area (Å²) >= 11 is 1.56. The van der Waals surface area contributed by atoms with E-state index in [0.29, 0.717) is 23.3 Å². The molecule has 0 spiro atoms. The van der Waals surface area contributed by atoms with Crippen LogP contribution >= 0.6 is 11.3 Å². The molecule has 1 aliphatic heterocycles. The number of hydrogen-bond donors (Lipinski definition) is 1. The maximum atomic E-state index is 13.5. The zero-order valence-corrected chi connectivity index (χ0v) is 20.5. The molecule has 0 saturated carbocycles. The van der Waals surface area contributed by atoms with Crippen molar-refractivity contribution in [3.8, 4) is 11.1 Å². The molecular weight excluding hydrogens is 472 g/mol. The maximum absolute atomic E-state index is 13.5. The Morgan fingerprint density at radius 1 is 1.03 bits per heavy atom. The summed E-state index contributed by atoms with van der Waals surface area (Å²) in [6.45, 7) is 2.09. The second-order valence-corrected chi connectivity index (χ2v) is 9.46. The average molecular weight is 497 g/mol. The van der Waals surface area contributed by atoms with E-state index in [0.717, 1.165) is 27.3 Å². The molecule has 2 heterocycles. The van der Waals surface area contributed by atoms with Crippen molar-refractivity contribution in [1.82, 2.24) is 0 Å². The number of carbonyl (C=O) groups excluding carboxylic acids is 1. The van der Waals surface area contributed by atoms with Gasteiger partial charge in [-0.1, -0.05) is 72.8 Å². The number of benzene rings is 3. The minimum absolute atomic E-state index is 0.0153. The molecule has 1 unspecified atom stereocenters. The van der Waals surface area contributed by atoms with Crippen LogP contribution in [0.2, 0.25) is 0 Å². The van der Waals surface area contributed by atoms with Crippen LogP contribution in [0.3, 0.4) is 0 Å². The number of nitrogens with one attached hydrogen (secondary N) is 1. The summed E-state index contributed by atoms with van der Waals surface area (Å²) in [5.41, 5.74) is 5.82. The number of nitro groups is 1. The number of thiophene rings is 1. The lowest BCUT2D eigenvalue weighted by Gasteiger charge is -2.29. The van der Waals surface area contributed by atoms with Crippen molar-refractivity contribution in [2.24, 2.45) is 0 Å². The lowest BCUT2D eigenvalue weighted by atomic mass is 9.80. The third kappa shape index (κ3) is 4.65. The minimum Gasteiger partial charge on any atom is -0.462 e. The van der Waals surface area contributed by atoms with E-state index in [9.17, 15) is 14.9 Å². The van der Waals surface area contributed by atoms with Gasteiger partial charge in [0.2, 0.25) is 0 Å². The monoisotopic (exact) mass is 496 g/mol. The molecule has 0 bridgehead atoms. The van der Waals surface area contributed by atoms with Crippen LogP contribution in [-0.4, -0.2) is 17.5 Å². The van der Waals surface area contributed by atoms with Gasteiger partial charge in [-0.05, 0) is 29.2 Å². The number of hydrogen-bond acceptors (Lipinski definition) is 6. The quantitative estimate of drug-likeness (QED) is 0.170. The molecule has 1 N–H and O–H groups in total. The third-order valence-corrected chi connectivity index (χ3v) is 7.21. The SMILES string of the molecule is CC1=C(C(=O)OCCc2ccccc2)C(c2cccc([N+](=O)[O-])c2)c2c(-c3ccccc3)csc2N1. The summed E-state index contributed by atoms with van der Waals surface area (Å²) in [5, 5.41) is 17.9. The number of allylic oxidation sites excluding steroid dienone is 1. The second kappa shape index (κ2) is 10.2. The number of fused-ring (bicyclic) bond motifs is 1. The Bertz CT molecular complexity index is 1440. The number of anilines is 1. The zero-order chi connectivity index (χ0) is 25.1. The molecule has 36 heavy (non-hydrogen) atoms.